The Balaban J connectivity index is 1.37. The van der Waals surface area contributed by atoms with Crippen molar-refractivity contribution in [3.63, 3.8) is 0 Å². The third-order valence-corrected chi connectivity index (χ3v) is 5.55. The van der Waals surface area contributed by atoms with Crippen LogP contribution in [0.5, 0.6) is 0 Å². The Morgan fingerprint density at radius 2 is 2.15 bits per heavy atom. The van der Waals surface area contributed by atoms with E-state index in [2.05, 4.69) is 24.6 Å². The number of nitrogens with zero attached hydrogens (tertiary/aromatic N) is 5. The summed E-state index contributed by atoms with van der Waals surface area (Å²) in [5, 5.41) is 4.88. The number of likely N-dealkylation sites (tertiary alicyclic amines) is 1. The smallest absolute Gasteiger partial charge is 0.240 e. The second kappa shape index (κ2) is 8.67. The fraction of sp³-hybridized carbons (Fsp3) is 0.450. The van der Waals surface area contributed by atoms with Gasteiger partial charge in [0.2, 0.25) is 5.89 Å². The zero-order valence-corrected chi connectivity index (χ0v) is 16.1. The molecule has 2 aromatic heterocycles. The number of aryl methyl sites for hydroxylation is 1. The van der Waals surface area contributed by atoms with Crippen LogP contribution in [0.1, 0.15) is 43.0 Å². The SMILES string of the molecule is Clc1ccccc1Cc1noc(CN2CCCC[C@H]2CCn2ccnc2)n1. The predicted octanol–water partition coefficient (Wildman–Crippen LogP) is 3.96. The predicted molar refractivity (Wildman–Crippen MR) is 103 cm³/mol. The zero-order chi connectivity index (χ0) is 18.5. The van der Waals surface area contributed by atoms with Crippen molar-refractivity contribution in [2.75, 3.05) is 6.54 Å². The van der Waals surface area contributed by atoms with Gasteiger partial charge in [0, 0.05) is 36.4 Å². The first-order chi connectivity index (χ1) is 13.3. The maximum absolute atomic E-state index is 6.23. The number of piperidine rings is 1. The Labute approximate surface area is 164 Å². The molecule has 3 aromatic rings. The van der Waals surface area contributed by atoms with Crippen molar-refractivity contribution in [1.29, 1.82) is 0 Å². The number of benzene rings is 1. The lowest BCUT2D eigenvalue weighted by Gasteiger charge is -2.34. The summed E-state index contributed by atoms with van der Waals surface area (Å²) in [6.07, 6.45) is 11.2. The Kier molecular flexibility index (Phi) is 5.84. The third kappa shape index (κ3) is 4.76. The third-order valence-electron chi connectivity index (χ3n) is 5.18. The maximum atomic E-state index is 6.23. The maximum Gasteiger partial charge on any atom is 0.240 e. The van der Waals surface area contributed by atoms with Crippen LogP contribution in [0.25, 0.3) is 0 Å². The van der Waals surface area contributed by atoms with Crippen LogP contribution in [0.15, 0.2) is 47.5 Å². The Morgan fingerprint density at radius 1 is 1.22 bits per heavy atom. The molecule has 0 saturated carbocycles. The van der Waals surface area contributed by atoms with Crippen LogP contribution < -0.4 is 0 Å². The van der Waals surface area contributed by atoms with Gasteiger partial charge in [0.15, 0.2) is 5.82 Å². The van der Waals surface area contributed by atoms with Gasteiger partial charge < -0.3 is 9.09 Å². The molecule has 3 heterocycles. The molecule has 7 heteroatoms. The fourth-order valence-corrected chi connectivity index (χ4v) is 3.93. The summed E-state index contributed by atoms with van der Waals surface area (Å²) in [6.45, 7) is 2.78. The van der Waals surface area contributed by atoms with E-state index in [4.69, 9.17) is 16.1 Å². The first kappa shape index (κ1) is 18.2. The van der Waals surface area contributed by atoms with E-state index in [1.807, 2.05) is 43.0 Å². The lowest BCUT2D eigenvalue weighted by atomic mass is 9.99. The molecule has 0 N–H and O–H groups in total. The van der Waals surface area contributed by atoms with E-state index < -0.39 is 0 Å². The van der Waals surface area contributed by atoms with Crippen LogP contribution in [0, 0.1) is 0 Å². The highest BCUT2D eigenvalue weighted by atomic mass is 35.5. The van der Waals surface area contributed by atoms with E-state index in [1.165, 1.54) is 19.3 Å². The van der Waals surface area contributed by atoms with Crippen molar-refractivity contribution in [3.05, 3.63) is 65.3 Å². The van der Waals surface area contributed by atoms with Crippen LogP contribution in [0.3, 0.4) is 0 Å². The normalized spacial score (nSPS) is 18.0. The van der Waals surface area contributed by atoms with Gasteiger partial charge in [-0.25, -0.2) is 4.98 Å². The number of imidazole rings is 1. The molecule has 6 nitrogen and oxygen atoms in total. The van der Waals surface area contributed by atoms with Gasteiger partial charge in [-0.15, -0.1) is 0 Å². The van der Waals surface area contributed by atoms with Crippen molar-refractivity contribution in [2.45, 2.75) is 51.2 Å². The molecule has 142 valence electrons. The quantitative estimate of drug-likeness (QED) is 0.616. The molecule has 1 aliphatic rings. The largest absolute Gasteiger partial charge is 0.338 e. The molecule has 0 unspecified atom stereocenters. The van der Waals surface area contributed by atoms with Crippen molar-refractivity contribution in [3.8, 4) is 0 Å². The topological polar surface area (TPSA) is 60.0 Å². The molecule has 27 heavy (non-hydrogen) atoms. The second-order valence-corrected chi connectivity index (χ2v) is 7.49. The lowest BCUT2D eigenvalue weighted by molar-refractivity contribution is 0.113. The number of aromatic nitrogens is 4. The van der Waals surface area contributed by atoms with Gasteiger partial charge in [-0.1, -0.05) is 41.4 Å². The molecule has 1 fully saturated rings. The summed E-state index contributed by atoms with van der Waals surface area (Å²) in [6, 6.07) is 8.32. The number of hydrogen-bond acceptors (Lipinski definition) is 5. The van der Waals surface area contributed by atoms with Crippen molar-refractivity contribution >= 4 is 11.6 Å². The molecular weight excluding hydrogens is 362 g/mol. The number of hydrogen-bond donors (Lipinski definition) is 0. The van der Waals surface area contributed by atoms with Crippen molar-refractivity contribution in [1.82, 2.24) is 24.6 Å². The fourth-order valence-electron chi connectivity index (χ4n) is 3.72. The molecule has 0 amide bonds. The second-order valence-electron chi connectivity index (χ2n) is 7.08. The van der Waals surface area contributed by atoms with E-state index in [1.54, 1.807) is 0 Å². The van der Waals surface area contributed by atoms with E-state index in [-0.39, 0.29) is 0 Å². The van der Waals surface area contributed by atoms with Crippen molar-refractivity contribution < 1.29 is 4.52 Å². The lowest BCUT2D eigenvalue weighted by Crippen LogP contribution is -2.39. The highest BCUT2D eigenvalue weighted by Gasteiger charge is 2.24. The Hall–Kier alpha value is -2.18. The van der Waals surface area contributed by atoms with Gasteiger partial charge in [0.25, 0.3) is 0 Å². The van der Waals surface area contributed by atoms with Gasteiger partial charge in [0.05, 0.1) is 12.9 Å². The molecule has 1 atom stereocenters. The van der Waals surface area contributed by atoms with Gasteiger partial charge in [-0.2, -0.15) is 4.98 Å². The van der Waals surface area contributed by atoms with Gasteiger partial charge in [-0.05, 0) is 37.4 Å². The van der Waals surface area contributed by atoms with Gasteiger partial charge in [-0.3, -0.25) is 4.90 Å². The van der Waals surface area contributed by atoms with E-state index >= 15 is 0 Å². The highest BCUT2D eigenvalue weighted by Crippen LogP contribution is 2.23. The summed E-state index contributed by atoms with van der Waals surface area (Å²) < 4.78 is 7.66. The van der Waals surface area contributed by atoms with Crippen LogP contribution in [-0.4, -0.2) is 37.2 Å². The Bertz CT molecular complexity index is 848. The average Bonchev–Trinajstić information content (AvgIpc) is 3.35. The summed E-state index contributed by atoms with van der Waals surface area (Å²) in [4.78, 5) is 11.2. The molecule has 0 radical (unpaired) electrons. The molecule has 1 aliphatic heterocycles. The summed E-state index contributed by atoms with van der Waals surface area (Å²) in [7, 11) is 0. The molecular formula is C20H24ClN5O. The van der Waals surface area contributed by atoms with Gasteiger partial charge >= 0.3 is 0 Å². The molecule has 0 spiro atoms. The summed E-state index contributed by atoms with van der Waals surface area (Å²) >= 11 is 6.23. The van der Waals surface area contributed by atoms with E-state index in [0.717, 1.165) is 30.1 Å². The minimum absolute atomic E-state index is 0.542. The first-order valence-corrected chi connectivity index (χ1v) is 9.90. The molecule has 0 bridgehead atoms. The monoisotopic (exact) mass is 385 g/mol. The molecule has 1 aromatic carbocycles. The van der Waals surface area contributed by atoms with Gasteiger partial charge in [0.1, 0.15) is 0 Å². The first-order valence-electron chi connectivity index (χ1n) is 9.52. The summed E-state index contributed by atoms with van der Waals surface area (Å²) in [5.41, 5.74) is 1.02. The zero-order valence-electron chi connectivity index (χ0n) is 15.3. The Morgan fingerprint density at radius 3 is 3.00 bits per heavy atom. The summed E-state index contributed by atoms with van der Waals surface area (Å²) in [5.74, 6) is 1.37. The molecule has 1 saturated heterocycles. The van der Waals surface area contributed by atoms with Crippen LogP contribution in [0.4, 0.5) is 0 Å². The van der Waals surface area contributed by atoms with E-state index in [0.29, 0.717) is 30.7 Å². The van der Waals surface area contributed by atoms with Crippen LogP contribution in [0.2, 0.25) is 5.02 Å². The standard InChI is InChI=1S/C20H24ClN5O/c21-18-7-2-1-5-16(18)13-19-23-20(27-24-19)14-26-10-4-3-6-17(26)8-11-25-12-9-22-15-25/h1-2,5,7,9,12,15,17H,3-4,6,8,10-11,13-14H2/t17-/m0/s1. The average molecular weight is 386 g/mol. The number of halogens is 1. The number of rotatable bonds is 7. The van der Waals surface area contributed by atoms with Crippen molar-refractivity contribution in [2.24, 2.45) is 0 Å². The molecule has 0 aliphatic carbocycles. The minimum atomic E-state index is 0.542. The minimum Gasteiger partial charge on any atom is -0.338 e. The van der Waals surface area contributed by atoms with Crippen LogP contribution in [-0.2, 0) is 19.5 Å². The van der Waals surface area contributed by atoms with Crippen LogP contribution >= 0.6 is 11.6 Å². The highest BCUT2D eigenvalue weighted by molar-refractivity contribution is 6.31. The molecule has 4 rings (SSSR count). The van der Waals surface area contributed by atoms with E-state index in [9.17, 15) is 0 Å².